The van der Waals surface area contributed by atoms with Gasteiger partial charge in [-0.2, -0.15) is 0 Å². The Hall–Kier alpha value is -2.24. The number of rotatable bonds is 4. The summed E-state index contributed by atoms with van der Waals surface area (Å²) in [4.78, 5) is 10.5. The highest BCUT2D eigenvalue weighted by Crippen LogP contribution is 2.21. The standard InChI is InChI=1S/C13H11F2NO3/c1-7-11(8(2)19-16-7)6-18-9-3-12(14)10(5-17)13(15)4-9/h3-5H,6H2,1-2H3. The molecule has 0 atom stereocenters. The van der Waals surface area contributed by atoms with Gasteiger partial charge in [0.2, 0.25) is 0 Å². The zero-order valence-corrected chi connectivity index (χ0v) is 10.4. The molecule has 1 aromatic heterocycles. The Labute approximate surface area is 108 Å². The lowest BCUT2D eigenvalue weighted by atomic mass is 10.2. The Morgan fingerprint density at radius 3 is 2.42 bits per heavy atom. The summed E-state index contributed by atoms with van der Waals surface area (Å²) in [7, 11) is 0. The van der Waals surface area contributed by atoms with Crippen LogP contribution in [-0.4, -0.2) is 11.4 Å². The molecule has 0 aliphatic rings. The molecule has 6 heteroatoms. The van der Waals surface area contributed by atoms with Crippen LogP contribution in [0.4, 0.5) is 8.78 Å². The lowest BCUT2D eigenvalue weighted by Crippen LogP contribution is -2.01. The van der Waals surface area contributed by atoms with Crippen LogP contribution in [0.3, 0.4) is 0 Å². The molecule has 0 aliphatic carbocycles. The predicted molar refractivity (Wildman–Crippen MR) is 62.1 cm³/mol. The molecular formula is C13H11F2NO3. The molecule has 0 radical (unpaired) electrons. The predicted octanol–water partition coefficient (Wildman–Crippen LogP) is 2.96. The monoisotopic (exact) mass is 267 g/mol. The fraction of sp³-hybridized carbons (Fsp3) is 0.231. The lowest BCUT2D eigenvalue weighted by molar-refractivity contribution is 0.111. The Morgan fingerprint density at radius 2 is 1.95 bits per heavy atom. The third kappa shape index (κ3) is 2.62. The highest BCUT2D eigenvalue weighted by Gasteiger charge is 2.13. The second kappa shape index (κ2) is 5.17. The zero-order valence-electron chi connectivity index (χ0n) is 10.4. The summed E-state index contributed by atoms with van der Waals surface area (Å²) in [5, 5.41) is 3.74. The zero-order chi connectivity index (χ0) is 14.0. The van der Waals surface area contributed by atoms with Crippen molar-refractivity contribution in [3.05, 3.63) is 46.3 Å². The van der Waals surface area contributed by atoms with Crippen LogP contribution in [0.1, 0.15) is 27.4 Å². The molecule has 19 heavy (non-hydrogen) atoms. The summed E-state index contributed by atoms with van der Waals surface area (Å²) in [6, 6.07) is 1.93. The van der Waals surface area contributed by atoms with Crippen molar-refractivity contribution in [1.29, 1.82) is 0 Å². The van der Waals surface area contributed by atoms with Gasteiger partial charge in [0, 0.05) is 12.1 Å². The van der Waals surface area contributed by atoms with Gasteiger partial charge in [-0.25, -0.2) is 8.78 Å². The molecule has 0 saturated carbocycles. The minimum Gasteiger partial charge on any atom is -0.488 e. The van der Waals surface area contributed by atoms with E-state index in [-0.39, 0.29) is 18.6 Å². The first-order chi connectivity index (χ1) is 9.02. The molecule has 0 unspecified atom stereocenters. The normalized spacial score (nSPS) is 10.5. The van der Waals surface area contributed by atoms with E-state index >= 15 is 0 Å². The number of benzene rings is 1. The third-order valence-electron chi connectivity index (χ3n) is 2.73. The quantitative estimate of drug-likeness (QED) is 0.799. The fourth-order valence-electron chi connectivity index (χ4n) is 1.62. The molecule has 0 saturated heterocycles. The smallest absolute Gasteiger partial charge is 0.155 e. The van der Waals surface area contributed by atoms with Crippen LogP contribution < -0.4 is 4.74 Å². The van der Waals surface area contributed by atoms with Gasteiger partial charge in [0.1, 0.15) is 29.8 Å². The number of halogens is 2. The number of nitrogens with zero attached hydrogens (tertiary/aromatic N) is 1. The SMILES string of the molecule is Cc1noc(C)c1COc1cc(F)c(C=O)c(F)c1. The second-order valence-corrected chi connectivity index (χ2v) is 4.01. The number of ether oxygens (including phenoxy) is 1. The molecule has 1 aromatic carbocycles. The van der Waals surface area contributed by atoms with Crippen molar-refractivity contribution >= 4 is 6.29 Å². The molecule has 0 N–H and O–H groups in total. The first kappa shape index (κ1) is 13.2. The van der Waals surface area contributed by atoms with E-state index in [1.54, 1.807) is 13.8 Å². The number of aryl methyl sites for hydroxylation is 2. The molecular weight excluding hydrogens is 256 g/mol. The van der Waals surface area contributed by atoms with Crippen LogP contribution in [0.15, 0.2) is 16.7 Å². The van der Waals surface area contributed by atoms with Crippen molar-refractivity contribution in [2.24, 2.45) is 0 Å². The summed E-state index contributed by atoms with van der Waals surface area (Å²) in [6.07, 6.45) is 0.128. The van der Waals surface area contributed by atoms with E-state index in [0.717, 1.165) is 17.7 Å². The van der Waals surface area contributed by atoms with Crippen LogP contribution in [0.2, 0.25) is 0 Å². The average Bonchev–Trinajstić information content (AvgIpc) is 2.66. The molecule has 0 aliphatic heterocycles. The van der Waals surface area contributed by atoms with Gasteiger partial charge in [-0.3, -0.25) is 4.79 Å². The summed E-state index contributed by atoms with van der Waals surface area (Å²) in [6.45, 7) is 3.54. The minimum absolute atomic E-state index is 0.000556. The van der Waals surface area contributed by atoms with Crippen molar-refractivity contribution < 1.29 is 22.8 Å². The minimum atomic E-state index is -0.955. The van der Waals surface area contributed by atoms with Crippen LogP contribution in [0.5, 0.6) is 5.75 Å². The lowest BCUT2D eigenvalue weighted by Gasteiger charge is -2.07. The first-order valence-corrected chi connectivity index (χ1v) is 5.51. The van der Waals surface area contributed by atoms with E-state index in [1.165, 1.54) is 0 Å². The molecule has 0 fully saturated rings. The van der Waals surface area contributed by atoms with Gasteiger partial charge in [-0.1, -0.05) is 5.16 Å². The second-order valence-electron chi connectivity index (χ2n) is 4.01. The molecule has 100 valence electrons. The Balaban J connectivity index is 2.19. The Bertz CT molecular complexity index is 580. The number of aromatic nitrogens is 1. The van der Waals surface area contributed by atoms with Gasteiger partial charge in [0.25, 0.3) is 0 Å². The van der Waals surface area contributed by atoms with Crippen LogP contribution in [0, 0.1) is 25.5 Å². The van der Waals surface area contributed by atoms with Gasteiger partial charge in [0.15, 0.2) is 6.29 Å². The highest BCUT2D eigenvalue weighted by molar-refractivity contribution is 5.75. The molecule has 4 nitrogen and oxygen atoms in total. The van der Waals surface area contributed by atoms with Gasteiger partial charge in [-0.05, 0) is 13.8 Å². The third-order valence-corrected chi connectivity index (χ3v) is 2.73. The first-order valence-electron chi connectivity index (χ1n) is 5.51. The molecule has 2 aromatic rings. The van der Waals surface area contributed by atoms with Gasteiger partial charge < -0.3 is 9.26 Å². The molecule has 0 bridgehead atoms. The van der Waals surface area contributed by atoms with E-state index in [4.69, 9.17) is 9.26 Å². The molecule has 1 heterocycles. The number of carbonyl (C=O) groups is 1. The topological polar surface area (TPSA) is 52.3 Å². The maximum Gasteiger partial charge on any atom is 0.155 e. The number of aldehydes is 1. The Kier molecular flexibility index (Phi) is 3.59. The molecule has 0 spiro atoms. The van der Waals surface area contributed by atoms with Crippen LogP contribution >= 0.6 is 0 Å². The van der Waals surface area contributed by atoms with Crippen molar-refractivity contribution in [2.45, 2.75) is 20.5 Å². The van der Waals surface area contributed by atoms with Crippen molar-refractivity contribution in [2.75, 3.05) is 0 Å². The van der Waals surface area contributed by atoms with Gasteiger partial charge in [-0.15, -0.1) is 0 Å². The van der Waals surface area contributed by atoms with E-state index < -0.39 is 17.2 Å². The maximum absolute atomic E-state index is 13.4. The van der Waals surface area contributed by atoms with E-state index in [0.29, 0.717) is 11.5 Å². The molecule has 2 rings (SSSR count). The van der Waals surface area contributed by atoms with Crippen molar-refractivity contribution in [3.63, 3.8) is 0 Å². The van der Waals surface area contributed by atoms with Crippen molar-refractivity contribution in [3.8, 4) is 5.75 Å². The van der Waals surface area contributed by atoms with Crippen LogP contribution in [0.25, 0.3) is 0 Å². The van der Waals surface area contributed by atoms with Crippen LogP contribution in [-0.2, 0) is 6.61 Å². The molecule has 0 amide bonds. The maximum atomic E-state index is 13.4. The summed E-state index contributed by atoms with van der Waals surface area (Å²) in [5.74, 6) is -1.32. The van der Waals surface area contributed by atoms with E-state index in [1.807, 2.05) is 0 Å². The van der Waals surface area contributed by atoms with Gasteiger partial charge >= 0.3 is 0 Å². The highest BCUT2D eigenvalue weighted by atomic mass is 19.1. The van der Waals surface area contributed by atoms with E-state index in [2.05, 4.69) is 5.16 Å². The summed E-state index contributed by atoms with van der Waals surface area (Å²) < 4.78 is 36.9. The number of hydrogen-bond donors (Lipinski definition) is 0. The van der Waals surface area contributed by atoms with Crippen molar-refractivity contribution in [1.82, 2.24) is 5.16 Å². The number of hydrogen-bond acceptors (Lipinski definition) is 4. The summed E-state index contributed by atoms with van der Waals surface area (Å²) in [5.41, 5.74) is 0.771. The average molecular weight is 267 g/mol. The summed E-state index contributed by atoms with van der Waals surface area (Å²) >= 11 is 0. The largest absolute Gasteiger partial charge is 0.488 e. The fourth-order valence-corrected chi connectivity index (χ4v) is 1.62. The van der Waals surface area contributed by atoms with Gasteiger partial charge in [0.05, 0.1) is 16.8 Å². The number of carbonyl (C=O) groups excluding carboxylic acids is 1. The van der Waals surface area contributed by atoms with E-state index in [9.17, 15) is 13.6 Å². The Morgan fingerprint density at radius 1 is 1.32 bits per heavy atom.